The summed E-state index contributed by atoms with van der Waals surface area (Å²) in [5.74, 6) is 1.74. The van der Waals surface area contributed by atoms with Crippen LogP contribution in [-0.2, 0) is 11.3 Å². The van der Waals surface area contributed by atoms with E-state index < -0.39 is 5.82 Å². The Morgan fingerprint density at radius 2 is 1.80 bits per heavy atom. The molecule has 0 bridgehead atoms. The zero-order valence-electron chi connectivity index (χ0n) is 17.5. The van der Waals surface area contributed by atoms with Crippen molar-refractivity contribution < 1.29 is 13.9 Å². The van der Waals surface area contributed by atoms with E-state index in [4.69, 9.17) is 4.74 Å². The van der Waals surface area contributed by atoms with Gasteiger partial charge in [-0.05, 0) is 37.0 Å². The third-order valence-corrected chi connectivity index (χ3v) is 5.34. The van der Waals surface area contributed by atoms with Gasteiger partial charge in [-0.1, -0.05) is 30.3 Å². The van der Waals surface area contributed by atoms with Crippen LogP contribution in [0.15, 0.2) is 53.5 Å². The molecule has 6 nitrogen and oxygen atoms in total. The lowest BCUT2D eigenvalue weighted by Crippen LogP contribution is -2.45. The van der Waals surface area contributed by atoms with Crippen molar-refractivity contribution in [3.63, 3.8) is 0 Å². The van der Waals surface area contributed by atoms with E-state index in [1.807, 2.05) is 24.3 Å². The maximum atomic E-state index is 14.0. The molecule has 2 aromatic carbocycles. The van der Waals surface area contributed by atoms with Gasteiger partial charge in [0, 0.05) is 45.7 Å². The fourth-order valence-corrected chi connectivity index (χ4v) is 3.62. The second-order valence-corrected chi connectivity index (χ2v) is 7.35. The quantitative estimate of drug-likeness (QED) is 0.563. The molecule has 1 aliphatic heterocycles. The minimum absolute atomic E-state index is 0.0995. The highest BCUT2D eigenvalue weighted by molar-refractivity contribution is 5.80. The summed E-state index contributed by atoms with van der Waals surface area (Å²) in [6, 6.07) is 14.0. The minimum atomic E-state index is -0.393. The van der Waals surface area contributed by atoms with Crippen LogP contribution >= 0.6 is 0 Å². The molecule has 3 rings (SSSR count). The first-order valence-corrected chi connectivity index (χ1v) is 10.3. The first-order chi connectivity index (χ1) is 14.6. The van der Waals surface area contributed by atoms with Crippen molar-refractivity contribution in [2.45, 2.75) is 25.8 Å². The number of hydrogen-bond acceptors (Lipinski definition) is 3. The number of halogens is 1. The third kappa shape index (κ3) is 5.72. The molecule has 0 radical (unpaired) electrons. The number of nitrogens with zero attached hydrogens (tertiary/aromatic N) is 2. The Balaban J connectivity index is 1.58. The SMILES string of the molecule is CN=C(NCc1ccccc1Oc1ccccc1F)N1CCC(CC(=O)NC)CC1. The first-order valence-electron chi connectivity index (χ1n) is 10.3. The van der Waals surface area contributed by atoms with Crippen LogP contribution in [0, 0.1) is 11.7 Å². The van der Waals surface area contributed by atoms with Gasteiger partial charge in [-0.25, -0.2) is 4.39 Å². The van der Waals surface area contributed by atoms with Gasteiger partial charge in [-0.3, -0.25) is 9.79 Å². The van der Waals surface area contributed by atoms with Crippen LogP contribution in [0.4, 0.5) is 4.39 Å². The molecule has 1 fully saturated rings. The van der Waals surface area contributed by atoms with Crippen molar-refractivity contribution in [3.8, 4) is 11.5 Å². The summed E-state index contributed by atoms with van der Waals surface area (Å²) < 4.78 is 19.8. The molecule has 30 heavy (non-hydrogen) atoms. The fraction of sp³-hybridized carbons (Fsp3) is 0.391. The van der Waals surface area contributed by atoms with Crippen LogP contribution in [-0.4, -0.2) is 44.0 Å². The van der Waals surface area contributed by atoms with Crippen molar-refractivity contribution in [2.75, 3.05) is 27.2 Å². The smallest absolute Gasteiger partial charge is 0.220 e. The number of nitrogens with one attached hydrogen (secondary N) is 2. The van der Waals surface area contributed by atoms with Gasteiger partial charge in [0.05, 0.1) is 0 Å². The monoisotopic (exact) mass is 412 g/mol. The second-order valence-electron chi connectivity index (χ2n) is 7.35. The molecule has 0 aromatic heterocycles. The molecule has 0 aliphatic carbocycles. The van der Waals surface area contributed by atoms with Gasteiger partial charge in [0.2, 0.25) is 5.91 Å². The maximum Gasteiger partial charge on any atom is 0.220 e. The molecule has 1 heterocycles. The Labute approximate surface area is 177 Å². The number of hydrogen-bond donors (Lipinski definition) is 2. The lowest BCUT2D eigenvalue weighted by molar-refractivity contribution is -0.121. The molecule has 0 atom stereocenters. The molecule has 0 saturated carbocycles. The van der Waals surface area contributed by atoms with E-state index in [0.29, 0.717) is 24.6 Å². The fourth-order valence-electron chi connectivity index (χ4n) is 3.62. The molecular weight excluding hydrogens is 383 g/mol. The Bertz CT molecular complexity index is 879. The number of likely N-dealkylation sites (tertiary alicyclic amines) is 1. The summed E-state index contributed by atoms with van der Waals surface area (Å²) in [4.78, 5) is 18.2. The second kappa shape index (κ2) is 10.6. The van der Waals surface area contributed by atoms with Gasteiger partial charge in [-0.15, -0.1) is 0 Å². The molecule has 1 aliphatic rings. The van der Waals surface area contributed by atoms with E-state index >= 15 is 0 Å². The van der Waals surface area contributed by atoms with Gasteiger partial charge in [0.15, 0.2) is 17.5 Å². The summed E-state index contributed by atoms with van der Waals surface area (Å²) in [7, 11) is 3.44. The maximum absolute atomic E-state index is 14.0. The molecule has 2 aromatic rings. The molecule has 0 spiro atoms. The predicted molar refractivity (Wildman–Crippen MR) is 116 cm³/mol. The number of para-hydroxylation sites is 2. The zero-order valence-corrected chi connectivity index (χ0v) is 17.5. The Morgan fingerprint density at radius 3 is 2.47 bits per heavy atom. The molecule has 160 valence electrons. The lowest BCUT2D eigenvalue weighted by Gasteiger charge is -2.34. The Kier molecular flexibility index (Phi) is 7.65. The highest BCUT2D eigenvalue weighted by Gasteiger charge is 2.23. The van der Waals surface area contributed by atoms with Gasteiger partial charge >= 0.3 is 0 Å². The topological polar surface area (TPSA) is 66.0 Å². The first kappa shape index (κ1) is 21.6. The number of amides is 1. The summed E-state index contributed by atoms with van der Waals surface area (Å²) in [5.41, 5.74) is 0.913. The van der Waals surface area contributed by atoms with Crippen LogP contribution in [0.3, 0.4) is 0 Å². The largest absolute Gasteiger partial charge is 0.454 e. The summed E-state index contributed by atoms with van der Waals surface area (Å²) in [6.07, 6.45) is 2.50. The van der Waals surface area contributed by atoms with E-state index in [2.05, 4.69) is 20.5 Å². The van der Waals surface area contributed by atoms with Gasteiger partial charge in [0.1, 0.15) is 5.75 Å². The van der Waals surface area contributed by atoms with Crippen molar-refractivity contribution in [1.82, 2.24) is 15.5 Å². The van der Waals surface area contributed by atoms with Crippen molar-refractivity contribution in [3.05, 3.63) is 59.9 Å². The van der Waals surface area contributed by atoms with Crippen LogP contribution in [0.1, 0.15) is 24.8 Å². The van der Waals surface area contributed by atoms with E-state index in [1.165, 1.54) is 6.07 Å². The van der Waals surface area contributed by atoms with Crippen LogP contribution < -0.4 is 15.4 Å². The normalized spacial score (nSPS) is 15.0. The number of aliphatic imine (C=N–C) groups is 1. The number of carbonyl (C=O) groups excluding carboxylic acids is 1. The van der Waals surface area contributed by atoms with Crippen molar-refractivity contribution in [2.24, 2.45) is 10.9 Å². The summed E-state index contributed by atoms with van der Waals surface area (Å²) in [5, 5.41) is 6.08. The van der Waals surface area contributed by atoms with E-state index in [9.17, 15) is 9.18 Å². The molecule has 1 saturated heterocycles. The van der Waals surface area contributed by atoms with Crippen molar-refractivity contribution >= 4 is 11.9 Å². The van der Waals surface area contributed by atoms with Crippen LogP contribution in [0.25, 0.3) is 0 Å². The van der Waals surface area contributed by atoms with Crippen molar-refractivity contribution in [1.29, 1.82) is 0 Å². The average Bonchev–Trinajstić information content (AvgIpc) is 2.77. The zero-order chi connectivity index (χ0) is 21.3. The number of rotatable bonds is 6. The highest BCUT2D eigenvalue weighted by atomic mass is 19.1. The van der Waals surface area contributed by atoms with Gasteiger partial charge in [0.25, 0.3) is 0 Å². The minimum Gasteiger partial charge on any atom is -0.454 e. The van der Waals surface area contributed by atoms with Crippen LogP contribution in [0.5, 0.6) is 11.5 Å². The van der Waals surface area contributed by atoms with Gasteiger partial charge < -0.3 is 20.3 Å². The average molecular weight is 413 g/mol. The molecule has 0 unspecified atom stereocenters. The number of ether oxygens (including phenoxy) is 1. The number of piperidine rings is 1. The number of guanidine groups is 1. The molecule has 1 amide bonds. The molecular formula is C23H29FN4O2. The Morgan fingerprint density at radius 1 is 1.13 bits per heavy atom. The predicted octanol–water partition coefficient (Wildman–Crippen LogP) is 3.54. The molecule has 2 N–H and O–H groups in total. The summed E-state index contributed by atoms with van der Waals surface area (Å²) >= 11 is 0. The standard InChI is InChI=1S/C23H29FN4O2/c1-25-22(29)15-17-11-13-28(14-12-17)23(26-2)27-16-18-7-3-5-9-20(18)30-21-10-6-4-8-19(21)24/h3-10,17H,11-16H2,1-2H3,(H,25,29)(H,26,27). The van der Waals surface area contributed by atoms with E-state index in [0.717, 1.165) is 37.5 Å². The van der Waals surface area contributed by atoms with E-state index in [1.54, 1.807) is 32.3 Å². The highest BCUT2D eigenvalue weighted by Crippen LogP contribution is 2.27. The lowest BCUT2D eigenvalue weighted by atomic mass is 9.93. The van der Waals surface area contributed by atoms with Crippen LogP contribution in [0.2, 0.25) is 0 Å². The molecule has 7 heteroatoms. The summed E-state index contributed by atoms with van der Waals surface area (Å²) in [6.45, 7) is 2.22. The number of carbonyl (C=O) groups is 1. The Hall–Kier alpha value is -3.09. The van der Waals surface area contributed by atoms with E-state index in [-0.39, 0.29) is 11.7 Å². The third-order valence-electron chi connectivity index (χ3n) is 5.34. The van der Waals surface area contributed by atoms with Gasteiger partial charge in [-0.2, -0.15) is 0 Å². The number of benzene rings is 2.